The molecule has 4 aromatic rings. The Morgan fingerprint density at radius 3 is 2.96 bits per heavy atom. The molecule has 1 aromatic carbocycles. The van der Waals surface area contributed by atoms with Crippen LogP contribution in [0.5, 0.6) is 0 Å². The van der Waals surface area contributed by atoms with Gasteiger partial charge in [-0.1, -0.05) is 12.1 Å². The topological polar surface area (TPSA) is 123 Å². The van der Waals surface area contributed by atoms with E-state index in [4.69, 9.17) is 5.73 Å². The van der Waals surface area contributed by atoms with Crippen molar-refractivity contribution < 1.29 is 0 Å². The van der Waals surface area contributed by atoms with Crippen molar-refractivity contribution in [3.63, 3.8) is 0 Å². The van der Waals surface area contributed by atoms with E-state index in [1.807, 2.05) is 42.1 Å². The zero-order chi connectivity index (χ0) is 17.2. The van der Waals surface area contributed by atoms with E-state index in [-0.39, 0.29) is 5.95 Å². The number of nitrogens with one attached hydrogen (secondary N) is 2. The lowest BCUT2D eigenvalue weighted by Gasteiger charge is -2.08. The van der Waals surface area contributed by atoms with E-state index in [1.165, 1.54) is 0 Å². The molecule has 0 unspecified atom stereocenters. The van der Waals surface area contributed by atoms with E-state index in [0.29, 0.717) is 24.9 Å². The fraction of sp³-hybridized carbons (Fsp3) is 0.188. The van der Waals surface area contributed by atoms with Gasteiger partial charge in [-0.3, -0.25) is 9.78 Å². The largest absolute Gasteiger partial charge is 0.368 e. The number of aromatic nitrogens is 7. The molecule has 3 heterocycles. The Morgan fingerprint density at radius 2 is 2.12 bits per heavy atom. The number of anilines is 2. The van der Waals surface area contributed by atoms with Crippen LogP contribution in [-0.4, -0.2) is 41.5 Å². The highest BCUT2D eigenvalue weighted by Gasteiger charge is 2.08. The molecule has 4 rings (SSSR count). The van der Waals surface area contributed by atoms with Gasteiger partial charge in [0.2, 0.25) is 11.9 Å². The third-order valence-corrected chi connectivity index (χ3v) is 3.75. The minimum absolute atomic E-state index is 0.173. The molecule has 0 aliphatic carbocycles. The lowest BCUT2D eigenvalue weighted by atomic mass is 10.1. The van der Waals surface area contributed by atoms with E-state index < -0.39 is 0 Å². The second kappa shape index (κ2) is 6.19. The Kier molecular flexibility index (Phi) is 3.73. The van der Waals surface area contributed by atoms with Gasteiger partial charge in [-0.05, 0) is 19.1 Å². The second-order valence-corrected chi connectivity index (χ2v) is 5.66. The number of nitrogens with two attached hydrogens (primary N) is 1. The lowest BCUT2D eigenvalue weighted by molar-refractivity contribution is 0.630. The van der Waals surface area contributed by atoms with E-state index in [1.54, 1.807) is 6.20 Å². The van der Waals surface area contributed by atoms with Crippen molar-refractivity contribution in [3.05, 3.63) is 42.4 Å². The lowest BCUT2D eigenvalue weighted by Crippen LogP contribution is -2.14. The number of hydrogen-bond donors (Lipinski definition) is 3. The molecule has 126 valence electrons. The van der Waals surface area contributed by atoms with Gasteiger partial charge < -0.3 is 11.1 Å². The Bertz CT molecular complexity index is 1020. The maximum atomic E-state index is 5.84. The predicted molar refractivity (Wildman–Crippen MR) is 94.8 cm³/mol. The maximum absolute atomic E-state index is 5.84. The number of aromatic amines is 1. The highest BCUT2D eigenvalue weighted by Crippen LogP contribution is 2.21. The Morgan fingerprint density at radius 1 is 1.20 bits per heavy atom. The number of fused-ring (bicyclic) bond motifs is 1. The van der Waals surface area contributed by atoms with Crippen molar-refractivity contribution in [1.82, 2.24) is 34.9 Å². The molecular formula is C16H17N9. The first-order valence-corrected chi connectivity index (χ1v) is 7.86. The predicted octanol–water partition coefficient (Wildman–Crippen LogP) is 1.61. The molecule has 0 saturated carbocycles. The van der Waals surface area contributed by atoms with Crippen LogP contribution in [0.25, 0.3) is 22.3 Å². The first-order valence-electron chi connectivity index (χ1n) is 7.86. The summed E-state index contributed by atoms with van der Waals surface area (Å²) < 4.78 is 1.86. The number of benzene rings is 1. The smallest absolute Gasteiger partial charge is 0.228 e. The van der Waals surface area contributed by atoms with Gasteiger partial charge in [0.25, 0.3) is 0 Å². The summed E-state index contributed by atoms with van der Waals surface area (Å²) in [7, 11) is 0. The summed E-state index contributed by atoms with van der Waals surface area (Å²) in [6.07, 6.45) is 3.70. The number of rotatable bonds is 5. The SMILES string of the molecule is Cc1ccn(CCNc2nc(N)nc(-c3ccc4cn[nH]c4c3)n2)n1. The van der Waals surface area contributed by atoms with Crippen LogP contribution < -0.4 is 11.1 Å². The van der Waals surface area contributed by atoms with Crippen LogP contribution in [0, 0.1) is 6.92 Å². The molecule has 0 bridgehead atoms. The molecule has 0 atom stereocenters. The van der Waals surface area contributed by atoms with E-state index in [0.717, 1.165) is 22.2 Å². The van der Waals surface area contributed by atoms with E-state index in [2.05, 4.69) is 35.6 Å². The maximum Gasteiger partial charge on any atom is 0.228 e. The van der Waals surface area contributed by atoms with Gasteiger partial charge in [0, 0.05) is 23.7 Å². The van der Waals surface area contributed by atoms with Gasteiger partial charge in [-0.2, -0.15) is 25.1 Å². The standard InChI is InChI=1S/C16H17N9/c1-10-4-6-25(24-10)7-5-18-16-21-14(20-15(17)22-16)11-2-3-12-9-19-23-13(12)8-11/h2-4,6,8-9H,5,7H2,1H3,(H,19,23)(H3,17,18,20,21,22). The second-order valence-electron chi connectivity index (χ2n) is 5.66. The average molecular weight is 335 g/mol. The quantitative estimate of drug-likeness (QED) is 0.506. The number of aryl methyl sites for hydroxylation is 1. The van der Waals surface area contributed by atoms with Crippen LogP contribution in [-0.2, 0) is 6.54 Å². The van der Waals surface area contributed by atoms with Crippen LogP contribution >= 0.6 is 0 Å². The highest BCUT2D eigenvalue weighted by atomic mass is 15.3. The molecule has 9 heteroatoms. The van der Waals surface area contributed by atoms with Crippen molar-refractivity contribution in [2.75, 3.05) is 17.6 Å². The summed E-state index contributed by atoms with van der Waals surface area (Å²) in [6.45, 7) is 3.29. The van der Waals surface area contributed by atoms with Crippen LogP contribution in [0.1, 0.15) is 5.69 Å². The number of H-pyrrole nitrogens is 1. The normalized spacial score (nSPS) is 11.1. The number of hydrogen-bond acceptors (Lipinski definition) is 7. The van der Waals surface area contributed by atoms with Gasteiger partial charge >= 0.3 is 0 Å². The minimum Gasteiger partial charge on any atom is -0.368 e. The molecule has 0 aliphatic heterocycles. The molecule has 0 saturated heterocycles. The monoisotopic (exact) mass is 335 g/mol. The Balaban J connectivity index is 1.53. The fourth-order valence-corrected chi connectivity index (χ4v) is 2.55. The van der Waals surface area contributed by atoms with Crippen LogP contribution in [0.4, 0.5) is 11.9 Å². The van der Waals surface area contributed by atoms with Crippen LogP contribution in [0.15, 0.2) is 36.7 Å². The molecule has 3 aromatic heterocycles. The summed E-state index contributed by atoms with van der Waals surface area (Å²) in [4.78, 5) is 12.8. The molecule has 0 aliphatic rings. The van der Waals surface area contributed by atoms with Crippen molar-refractivity contribution in [3.8, 4) is 11.4 Å². The molecule has 9 nitrogen and oxygen atoms in total. The summed E-state index contributed by atoms with van der Waals surface area (Å²) in [5.74, 6) is 1.13. The Labute approximate surface area is 143 Å². The van der Waals surface area contributed by atoms with Gasteiger partial charge in [-0.25, -0.2) is 0 Å². The van der Waals surface area contributed by atoms with Crippen LogP contribution in [0.2, 0.25) is 0 Å². The van der Waals surface area contributed by atoms with E-state index in [9.17, 15) is 0 Å². The van der Waals surface area contributed by atoms with Crippen molar-refractivity contribution in [2.45, 2.75) is 13.5 Å². The van der Waals surface area contributed by atoms with Crippen molar-refractivity contribution >= 4 is 22.8 Å². The summed E-state index contributed by atoms with van der Waals surface area (Å²) in [5.41, 5.74) is 8.58. The summed E-state index contributed by atoms with van der Waals surface area (Å²) in [5, 5.41) is 15.5. The number of nitrogens with zero attached hydrogens (tertiary/aromatic N) is 6. The molecule has 0 fully saturated rings. The molecule has 0 spiro atoms. The van der Waals surface area contributed by atoms with Gasteiger partial charge in [0.15, 0.2) is 5.82 Å². The van der Waals surface area contributed by atoms with E-state index >= 15 is 0 Å². The third-order valence-electron chi connectivity index (χ3n) is 3.75. The number of nitrogen functional groups attached to an aromatic ring is 1. The first-order chi connectivity index (χ1) is 12.2. The molecular weight excluding hydrogens is 318 g/mol. The minimum atomic E-state index is 0.173. The zero-order valence-electron chi connectivity index (χ0n) is 13.6. The molecule has 0 radical (unpaired) electrons. The highest BCUT2D eigenvalue weighted by molar-refractivity contribution is 5.82. The zero-order valence-corrected chi connectivity index (χ0v) is 13.6. The Hall–Kier alpha value is -3.49. The molecule has 25 heavy (non-hydrogen) atoms. The average Bonchev–Trinajstić information content (AvgIpc) is 3.22. The van der Waals surface area contributed by atoms with Gasteiger partial charge in [-0.15, -0.1) is 0 Å². The van der Waals surface area contributed by atoms with Gasteiger partial charge in [0.1, 0.15) is 0 Å². The van der Waals surface area contributed by atoms with Gasteiger partial charge in [0.05, 0.1) is 24.0 Å². The molecule has 0 amide bonds. The fourth-order valence-electron chi connectivity index (χ4n) is 2.55. The summed E-state index contributed by atoms with van der Waals surface area (Å²) >= 11 is 0. The summed E-state index contributed by atoms with van der Waals surface area (Å²) in [6, 6.07) is 7.79. The first kappa shape index (κ1) is 15.1. The van der Waals surface area contributed by atoms with Crippen LogP contribution in [0.3, 0.4) is 0 Å². The molecule has 4 N–H and O–H groups in total. The van der Waals surface area contributed by atoms with Crippen molar-refractivity contribution in [2.24, 2.45) is 0 Å². The third kappa shape index (κ3) is 3.25. The van der Waals surface area contributed by atoms with Crippen molar-refractivity contribution in [1.29, 1.82) is 0 Å².